The molecular formula is C18H21N3OS. The van der Waals surface area contributed by atoms with Crippen molar-refractivity contribution in [1.82, 2.24) is 10.3 Å². The summed E-state index contributed by atoms with van der Waals surface area (Å²) in [5, 5.41) is 12.9. The average molecular weight is 327 g/mol. The van der Waals surface area contributed by atoms with Crippen molar-refractivity contribution in [3.8, 4) is 6.07 Å². The zero-order valence-corrected chi connectivity index (χ0v) is 14.1. The van der Waals surface area contributed by atoms with E-state index in [9.17, 15) is 4.79 Å². The summed E-state index contributed by atoms with van der Waals surface area (Å²) in [4.78, 5) is 17.0. The van der Waals surface area contributed by atoms with Gasteiger partial charge in [0, 0.05) is 6.04 Å². The molecule has 0 radical (unpaired) electrons. The predicted octanol–water partition coefficient (Wildman–Crippen LogP) is 3.23. The molecule has 5 heteroatoms. The minimum atomic E-state index is -0.0242. The number of amides is 1. The van der Waals surface area contributed by atoms with Crippen LogP contribution in [0.4, 0.5) is 0 Å². The van der Waals surface area contributed by atoms with E-state index in [1.165, 1.54) is 43.9 Å². The molecule has 0 spiro atoms. The Labute approximate surface area is 141 Å². The van der Waals surface area contributed by atoms with Gasteiger partial charge < -0.3 is 5.32 Å². The molecule has 1 heterocycles. The van der Waals surface area contributed by atoms with Crippen LogP contribution in [0.1, 0.15) is 48.2 Å². The van der Waals surface area contributed by atoms with Crippen molar-refractivity contribution < 1.29 is 4.79 Å². The zero-order chi connectivity index (χ0) is 16.0. The number of thioether (sulfide) groups is 1. The van der Waals surface area contributed by atoms with Gasteiger partial charge >= 0.3 is 0 Å². The number of carbonyl (C=O) groups excluding carboxylic acids is 1. The number of nitrogens with one attached hydrogen (secondary N) is 1. The fourth-order valence-electron chi connectivity index (χ4n) is 5.22. The summed E-state index contributed by atoms with van der Waals surface area (Å²) in [5.41, 5.74) is 0.964. The smallest absolute Gasteiger partial charge is 0.254 e. The fraction of sp³-hybridized carbons (Fsp3) is 0.611. The van der Waals surface area contributed by atoms with E-state index < -0.39 is 0 Å². The second-order valence-electron chi connectivity index (χ2n) is 7.30. The quantitative estimate of drug-likeness (QED) is 0.866. The van der Waals surface area contributed by atoms with E-state index in [1.807, 2.05) is 12.3 Å². The van der Waals surface area contributed by atoms with E-state index >= 15 is 0 Å². The Morgan fingerprint density at radius 3 is 2.43 bits per heavy atom. The molecule has 4 saturated carbocycles. The second-order valence-corrected chi connectivity index (χ2v) is 8.09. The van der Waals surface area contributed by atoms with Crippen LogP contribution < -0.4 is 5.32 Å². The number of pyridine rings is 1. The lowest BCUT2D eigenvalue weighted by Crippen LogP contribution is -2.55. The van der Waals surface area contributed by atoms with Crippen LogP contribution in [-0.4, -0.2) is 23.2 Å². The maximum Gasteiger partial charge on any atom is 0.254 e. The minimum absolute atomic E-state index is 0.0242. The second kappa shape index (κ2) is 5.83. The van der Waals surface area contributed by atoms with Crippen LogP contribution >= 0.6 is 11.8 Å². The molecule has 5 rings (SSSR count). The van der Waals surface area contributed by atoms with E-state index in [0.29, 0.717) is 34.2 Å². The lowest BCUT2D eigenvalue weighted by molar-refractivity contribution is -0.0120. The number of hydrogen-bond acceptors (Lipinski definition) is 4. The molecule has 23 heavy (non-hydrogen) atoms. The Hall–Kier alpha value is -1.54. The predicted molar refractivity (Wildman–Crippen MR) is 89.0 cm³/mol. The molecule has 4 aliphatic rings. The molecule has 120 valence electrons. The van der Waals surface area contributed by atoms with Crippen molar-refractivity contribution in [1.29, 1.82) is 5.26 Å². The van der Waals surface area contributed by atoms with E-state index in [4.69, 9.17) is 5.26 Å². The van der Waals surface area contributed by atoms with Crippen LogP contribution in [0.5, 0.6) is 0 Å². The lowest BCUT2D eigenvalue weighted by Gasteiger charge is -2.54. The first-order valence-electron chi connectivity index (χ1n) is 8.44. The number of rotatable bonds is 3. The van der Waals surface area contributed by atoms with Gasteiger partial charge in [0.2, 0.25) is 0 Å². The standard InChI is InChI=1S/C18H21N3OS/c1-23-18-15(3-2-14(9-19)20-18)17(22)21-16-12-5-10-4-11(7-12)8-13(16)6-10/h2-3,10-13,16H,4-8H2,1H3,(H,21,22). The molecule has 0 unspecified atom stereocenters. The minimum Gasteiger partial charge on any atom is -0.349 e. The Bertz CT molecular complexity index is 653. The summed E-state index contributed by atoms with van der Waals surface area (Å²) in [6.07, 6.45) is 8.47. The van der Waals surface area contributed by atoms with Gasteiger partial charge in [0.15, 0.2) is 0 Å². The third kappa shape index (κ3) is 2.63. The van der Waals surface area contributed by atoms with Gasteiger partial charge in [0.1, 0.15) is 16.8 Å². The van der Waals surface area contributed by atoms with Crippen LogP contribution in [0, 0.1) is 35.0 Å². The van der Waals surface area contributed by atoms with Crippen molar-refractivity contribution >= 4 is 17.7 Å². The van der Waals surface area contributed by atoms with Crippen molar-refractivity contribution in [3.05, 3.63) is 23.4 Å². The van der Waals surface area contributed by atoms with Crippen LogP contribution in [0.25, 0.3) is 0 Å². The Morgan fingerprint density at radius 2 is 1.87 bits per heavy atom. The zero-order valence-electron chi connectivity index (χ0n) is 13.3. The monoisotopic (exact) mass is 327 g/mol. The van der Waals surface area contributed by atoms with Gasteiger partial charge in [-0.05, 0) is 74.2 Å². The van der Waals surface area contributed by atoms with E-state index in [1.54, 1.807) is 12.1 Å². The van der Waals surface area contributed by atoms with Crippen LogP contribution in [0.15, 0.2) is 17.2 Å². The van der Waals surface area contributed by atoms with Crippen LogP contribution in [0.2, 0.25) is 0 Å². The molecule has 0 atom stereocenters. The highest BCUT2D eigenvalue weighted by Crippen LogP contribution is 2.53. The van der Waals surface area contributed by atoms with Crippen LogP contribution in [0.3, 0.4) is 0 Å². The molecule has 0 saturated heterocycles. The maximum absolute atomic E-state index is 12.8. The number of carbonyl (C=O) groups is 1. The van der Waals surface area contributed by atoms with E-state index in [2.05, 4.69) is 10.3 Å². The van der Waals surface area contributed by atoms with Crippen molar-refractivity contribution in [2.75, 3.05) is 6.26 Å². The van der Waals surface area contributed by atoms with E-state index in [-0.39, 0.29) is 5.91 Å². The van der Waals surface area contributed by atoms with Crippen LogP contribution in [-0.2, 0) is 0 Å². The first-order chi connectivity index (χ1) is 11.2. The number of aromatic nitrogens is 1. The SMILES string of the molecule is CSc1nc(C#N)ccc1C(=O)NC1C2CC3CC(C2)CC1C3. The van der Waals surface area contributed by atoms with Gasteiger partial charge in [-0.25, -0.2) is 4.98 Å². The van der Waals surface area contributed by atoms with E-state index in [0.717, 1.165) is 11.8 Å². The molecule has 0 aliphatic heterocycles. The fourth-order valence-corrected chi connectivity index (χ4v) is 5.79. The number of nitrogens with zero attached hydrogens (tertiary/aromatic N) is 2. The average Bonchev–Trinajstić information content (AvgIpc) is 2.56. The summed E-state index contributed by atoms with van der Waals surface area (Å²) in [6.45, 7) is 0. The van der Waals surface area contributed by atoms with Gasteiger partial charge in [0.05, 0.1) is 5.56 Å². The number of nitriles is 1. The van der Waals surface area contributed by atoms with Gasteiger partial charge in [-0.15, -0.1) is 11.8 Å². The first-order valence-corrected chi connectivity index (χ1v) is 9.66. The topological polar surface area (TPSA) is 65.8 Å². The molecule has 4 aliphatic carbocycles. The summed E-state index contributed by atoms with van der Waals surface area (Å²) in [6, 6.07) is 5.74. The van der Waals surface area contributed by atoms with Crippen molar-refractivity contribution in [3.63, 3.8) is 0 Å². The largest absolute Gasteiger partial charge is 0.349 e. The maximum atomic E-state index is 12.8. The summed E-state index contributed by atoms with van der Waals surface area (Å²) < 4.78 is 0. The first kappa shape index (κ1) is 15.0. The highest BCUT2D eigenvalue weighted by atomic mass is 32.2. The van der Waals surface area contributed by atoms with Gasteiger partial charge in [-0.2, -0.15) is 5.26 Å². The molecule has 1 N–H and O–H groups in total. The molecule has 4 nitrogen and oxygen atoms in total. The molecule has 1 aromatic rings. The summed E-state index contributed by atoms with van der Waals surface area (Å²) in [7, 11) is 0. The molecule has 0 aromatic carbocycles. The van der Waals surface area contributed by atoms with Gasteiger partial charge in [-0.1, -0.05) is 0 Å². The normalized spacial score (nSPS) is 34.2. The molecular weight excluding hydrogens is 306 g/mol. The van der Waals surface area contributed by atoms with Crippen molar-refractivity contribution in [2.45, 2.75) is 43.2 Å². The third-order valence-electron chi connectivity index (χ3n) is 5.94. The third-order valence-corrected chi connectivity index (χ3v) is 6.64. The summed E-state index contributed by atoms with van der Waals surface area (Å²) >= 11 is 1.42. The highest BCUT2D eigenvalue weighted by Gasteiger charge is 2.48. The lowest BCUT2D eigenvalue weighted by atomic mass is 9.54. The Morgan fingerprint density at radius 1 is 1.22 bits per heavy atom. The van der Waals surface area contributed by atoms with Crippen molar-refractivity contribution in [2.24, 2.45) is 23.7 Å². The molecule has 1 aromatic heterocycles. The summed E-state index contributed by atoms with van der Waals surface area (Å²) in [5.74, 6) is 3.12. The van der Waals surface area contributed by atoms with Gasteiger partial charge in [0.25, 0.3) is 5.91 Å². The molecule has 4 fully saturated rings. The molecule has 4 bridgehead atoms. The molecule has 1 amide bonds. The highest BCUT2D eigenvalue weighted by molar-refractivity contribution is 7.98. The number of hydrogen-bond donors (Lipinski definition) is 1. The Balaban J connectivity index is 1.53. The Kier molecular flexibility index (Phi) is 3.81. The van der Waals surface area contributed by atoms with Gasteiger partial charge in [-0.3, -0.25) is 4.79 Å².